The predicted molar refractivity (Wildman–Crippen MR) is 95.0 cm³/mol. The molecule has 0 bridgehead atoms. The second-order valence-electron chi connectivity index (χ2n) is 4.68. The fourth-order valence-electron chi connectivity index (χ4n) is 2.01. The van der Waals surface area contributed by atoms with E-state index in [1.165, 1.54) is 18.3 Å². The molecule has 2 rings (SSSR count). The summed E-state index contributed by atoms with van der Waals surface area (Å²) in [7, 11) is 1.56. The Bertz CT molecular complexity index is 762. The number of hydrazone groups is 1. The minimum atomic E-state index is -0.498. The number of carbonyl (C=O) groups is 1. The number of ether oxygens (including phenoxy) is 2. The number of phenolic OH excluding ortho intramolecular Hbond substituents is 1. The summed E-state index contributed by atoms with van der Waals surface area (Å²) in [5.74, 6) is 0.563. The molecule has 0 saturated heterocycles. The first kappa shape index (κ1) is 17.8. The quantitative estimate of drug-likeness (QED) is 0.583. The van der Waals surface area contributed by atoms with Crippen molar-refractivity contribution in [2.75, 3.05) is 13.7 Å². The van der Waals surface area contributed by atoms with Crippen LogP contribution in [-0.2, 0) is 0 Å². The van der Waals surface area contributed by atoms with Crippen molar-refractivity contribution in [2.24, 2.45) is 5.10 Å². The monoisotopic (exact) mass is 392 g/mol. The second-order valence-corrected chi connectivity index (χ2v) is 5.54. The van der Waals surface area contributed by atoms with Crippen molar-refractivity contribution in [1.29, 1.82) is 0 Å². The normalized spacial score (nSPS) is 10.6. The van der Waals surface area contributed by atoms with Crippen LogP contribution in [0.1, 0.15) is 22.8 Å². The largest absolute Gasteiger partial charge is 0.507 e. The lowest BCUT2D eigenvalue weighted by Crippen LogP contribution is -2.17. The predicted octanol–water partition coefficient (Wildman–Crippen LogP) is 3.33. The Hall–Kier alpha value is -2.54. The lowest BCUT2D eigenvalue weighted by atomic mass is 10.2. The van der Waals surface area contributed by atoms with Gasteiger partial charge in [0.25, 0.3) is 5.91 Å². The first-order valence-electron chi connectivity index (χ1n) is 7.18. The van der Waals surface area contributed by atoms with Crippen molar-refractivity contribution in [3.8, 4) is 17.2 Å². The van der Waals surface area contributed by atoms with Gasteiger partial charge in [0.15, 0.2) is 11.5 Å². The molecule has 6 nitrogen and oxygen atoms in total. The van der Waals surface area contributed by atoms with Gasteiger partial charge in [0.1, 0.15) is 5.75 Å². The minimum Gasteiger partial charge on any atom is -0.507 e. The van der Waals surface area contributed by atoms with Crippen LogP contribution >= 0.6 is 15.9 Å². The van der Waals surface area contributed by atoms with Gasteiger partial charge in [-0.1, -0.05) is 12.1 Å². The number of nitrogens with zero attached hydrogens (tertiary/aromatic N) is 1. The number of phenols is 1. The van der Waals surface area contributed by atoms with Crippen LogP contribution in [0, 0.1) is 0 Å². The molecule has 0 fully saturated rings. The summed E-state index contributed by atoms with van der Waals surface area (Å²) in [6.07, 6.45) is 1.48. The molecule has 0 atom stereocenters. The molecule has 0 aliphatic rings. The van der Waals surface area contributed by atoms with Gasteiger partial charge in [-0.15, -0.1) is 0 Å². The van der Waals surface area contributed by atoms with E-state index < -0.39 is 5.91 Å². The van der Waals surface area contributed by atoms with E-state index in [1.807, 2.05) is 6.92 Å². The lowest BCUT2D eigenvalue weighted by Gasteiger charge is -2.11. The lowest BCUT2D eigenvalue weighted by molar-refractivity contribution is 0.0952. The molecule has 0 saturated carbocycles. The minimum absolute atomic E-state index is 0.101. The molecule has 0 aromatic heterocycles. The van der Waals surface area contributed by atoms with Crippen molar-refractivity contribution in [1.82, 2.24) is 5.43 Å². The Balaban J connectivity index is 2.14. The number of methoxy groups -OCH3 is 1. The number of amides is 1. The van der Waals surface area contributed by atoms with E-state index in [4.69, 9.17) is 9.47 Å². The number of hydrogen-bond donors (Lipinski definition) is 2. The molecular weight excluding hydrogens is 376 g/mol. The Labute approximate surface area is 148 Å². The second kappa shape index (κ2) is 8.35. The molecule has 0 radical (unpaired) electrons. The van der Waals surface area contributed by atoms with E-state index in [9.17, 15) is 9.90 Å². The number of para-hydroxylation sites is 1. The molecule has 1 amide bonds. The molecule has 0 unspecified atom stereocenters. The van der Waals surface area contributed by atoms with Crippen LogP contribution in [0.3, 0.4) is 0 Å². The molecular formula is C17H17BrN2O4. The molecule has 0 heterocycles. The van der Waals surface area contributed by atoms with E-state index in [1.54, 1.807) is 31.4 Å². The Morgan fingerprint density at radius 1 is 1.38 bits per heavy atom. The molecule has 126 valence electrons. The maximum absolute atomic E-state index is 12.0. The molecule has 0 aliphatic carbocycles. The number of aromatic hydroxyl groups is 1. The number of hydrogen-bond acceptors (Lipinski definition) is 5. The van der Waals surface area contributed by atoms with Crippen molar-refractivity contribution in [2.45, 2.75) is 6.92 Å². The Kier molecular flexibility index (Phi) is 6.20. The molecule has 2 aromatic rings. The van der Waals surface area contributed by atoms with Gasteiger partial charge in [0.2, 0.25) is 0 Å². The van der Waals surface area contributed by atoms with Gasteiger partial charge in [-0.05, 0) is 52.7 Å². The highest BCUT2D eigenvalue weighted by molar-refractivity contribution is 9.10. The van der Waals surface area contributed by atoms with Crippen LogP contribution in [0.4, 0.5) is 0 Å². The zero-order chi connectivity index (χ0) is 17.5. The van der Waals surface area contributed by atoms with Gasteiger partial charge in [-0.2, -0.15) is 5.10 Å². The number of carbonyl (C=O) groups excluding carboxylic acids is 1. The third-order valence-electron chi connectivity index (χ3n) is 3.06. The molecule has 24 heavy (non-hydrogen) atoms. The van der Waals surface area contributed by atoms with Crippen LogP contribution in [0.15, 0.2) is 46.0 Å². The topological polar surface area (TPSA) is 80.2 Å². The average Bonchev–Trinajstić information content (AvgIpc) is 2.55. The van der Waals surface area contributed by atoms with Crippen LogP contribution in [0.25, 0.3) is 0 Å². The SMILES string of the molecule is CCOc1cc(/C=N\NC(=O)c2ccccc2O)cc(Br)c1OC. The van der Waals surface area contributed by atoms with Crippen molar-refractivity contribution < 1.29 is 19.4 Å². The first-order valence-corrected chi connectivity index (χ1v) is 7.97. The summed E-state index contributed by atoms with van der Waals surface area (Å²) in [5.41, 5.74) is 3.24. The third kappa shape index (κ3) is 4.26. The standard InChI is InChI=1S/C17H17BrN2O4/c1-3-24-15-9-11(8-13(18)16(15)23-2)10-19-20-17(22)12-6-4-5-7-14(12)21/h4-10,21H,3H2,1-2H3,(H,20,22)/b19-10-. The highest BCUT2D eigenvalue weighted by Crippen LogP contribution is 2.36. The summed E-state index contributed by atoms with van der Waals surface area (Å²) in [6, 6.07) is 9.79. The molecule has 0 aliphatic heterocycles. The smallest absolute Gasteiger partial charge is 0.275 e. The van der Waals surface area contributed by atoms with Gasteiger partial charge in [-0.3, -0.25) is 4.79 Å². The number of benzene rings is 2. The summed E-state index contributed by atoms with van der Waals surface area (Å²) in [6.45, 7) is 2.37. The van der Waals surface area contributed by atoms with E-state index in [2.05, 4.69) is 26.5 Å². The van der Waals surface area contributed by atoms with E-state index in [-0.39, 0.29) is 11.3 Å². The summed E-state index contributed by atoms with van der Waals surface area (Å²) in [4.78, 5) is 12.0. The molecule has 0 spiro atoms. The highest BCUT2D eigenvalue weighted by atomic mass is 79.9. The molecule has 2 N–H and O–H groups in total. The van der Waals surface area contributed by atoms with Crippen LogP contribution in [0.5, 0.6) is 17.2 Å². The fourth-order valence-corrected chi connectivity index (χ4v) is 2.64. The highest BCUT2D eigenvalue weighted by Gasteiger charge is 2.11. The van der Waals surface area contributed by atoms with E-state index in [0.717, 1.165) is 0 Å². The van der Waals surface area contributed by atoms with Gasteiger partial charge >= 0.3 is 0 Å². The van der Waals surface area contributed by atoms with Crippen LogP contribution in [-0.4, -0.2) is 30.9 Å². The van der Waals surface area contributed by atoms with Gasteiger partial charge in [0.05, 0.1) is 30.0 Å². The average molecular weight is 393 g/mol. The number of halogens is 1. The van der Waals surface area contributed by atoms with Crippen LogP contribution in [0.2, 0.25) is 0 Å². The van der Waals surface area contributed by atoms with Gasteiger partial charge < -0.3 is 14.6 Å². The van der Waals surface area contributed by atoms with Crippen molar-refractivity contribution in [3.63, 3.8) is 0 Å². The Morgan fingerprint density at radius 2 is 2.12 bits per heavy atom. The van der Waals surface area contributed by atoms with Crippen molar-refractivity contribution in [3.05, 3.63) is 52.0 Å². The number of rotatable bonds is 6. The summed E-state index contributed by atoms with van der Waals surface area (Å²) in [5, 5.41) is 13.5. The van der Waals surface area contributed by atoms with Gasteiger partial charge in [0, 0.05) is 0 Å². The maximum Gasteiger partial charge on any atom is 0.275 e. The zero-order valence-corrected chi connectivity index (χ0v) is 14.8. The zero-order valence-electron chi connectivity index (χ0n) is 13.2. The van der Waals surface area contributed by atoms with E-state index in [0.29, 0.717) is 28.1 Å². The van der Waals surface area contributed by atoms with Crippen molar-refractivity contribution >= 4 is 28.1 Å². The fraction of sp³-hybridized carbons (Fsp3) is 0.176. The molecule has 7 heteroatoms. The summed E-state index contributed by atoms with van der Waals surface area (Å²) < 4.78 is 11.5. The molecule has 2 aromatic carbocycles. The Morgan fingerprint density at radius 3 is 2.79 bits per heavy atom. The van der Waals surface area contributed by atoms with Crippen LogP contribution < -0.4 is 14.9 Å². The summed E-state index contributed by atoms with van der Waals surface area (Å²) >= 11 is 3.41. The van der Waals surface area contributed by atoms with E-state index >= 15 is 0 Å². The number of nitrogens with one attached hydrogen (secondary N) is 1. The van der Waals surface area contributed by atoms with Gasteiger partial charge in [-0.25, -0.2) is 5.43 Å². The maximum atomic E-state index is 12.0. The third-order valence-corrected chi connectivity index (χ3v) is 3.65. The first-order chi connectivity index (χ1) is 11.6.